The Morgan fingerprint density at radius 3 is 2.21 bits per heavy atom. The molecule has 68 heavy (non-hydrogen) atoms. The first-order valence-corrected chi connectivity index (χ1v) is 24.0. The SMILES string of the molecule is N=C/C(=C\C(=N)N1CCC(OC2CCN(CC(=O)N3CCN(C(=O)c4cc(Cc5n[nH]c(=O)c6ccccc56)ccc4F)CC3)CC2)CC1)Oc1cccc(C2CCCN(C(=O)C3CC3)C2)c1F. The van der Waals surface area contributed by atoms with Gasteiger partial charge in [0.1, 0.15) is 17.4 Å². The van der Waals surface area contributed by atoms with Crippen molar-refractivity contribution in [3.05, 3.63) is 117 Å². The van der Waals surface area contributed by atoms with Crippen LogP contribution < -0.4 is 10.3 Å². The topological polar surface area (TPSA) is 179 Å². The number of aromatic nitrogens is 2. The average Bonchev–Trinajstić information content (AvgIpc) is 4.22. The molecule has 1 unspecified atom stereocenters. The maximum atomic E-state index is 15.9. The smallest absolute Gasteiger partial charge is 0.272 e. The van der Waals surface area contributed by atoms with Crippen LogP contribution in [0.1, 0.15) is 84.5 Å². The van der Waals surface area contributed by atoms with Gasteiger partial charge in [0.25, 0.3) is 11.5 Å². The monoisotopic (exact) mass is 931 g/mol. The van der Waals surface area contributed by atoms with Gasteiger partial charge in [-0.15, -0.1) is 0 Å². The van der Waals surface area contributed by atoms with Crippen LogP contribution >= 0.6 is 0 Å². The molecule has 4 aliphatic heterocycles. The number of hydrogen-bond donors (Lipinski definition) is 3. The molecule has 4 aromatic rings. The lowest BCUT2D eigenvalue weighted by Crippen LogP contribution is -2.53. The van der Waals surface area contributed by atoms with Crippen molar-refractivity contribution in [1.82, 2.24) is 34.7 Å². The quantitative estimate of drug-likeness (QED) is 0.0859. The minimum absolute atomic E-state index is 0.00184. The van der Waals surface area contributed by atoms with Crippen molar-refractivity contribution in [2.24, 2.45) is 5.92 Å². The Morgan fingerprint density at radius 1 is 0.779 bits per heavy atom. The van der Waals surface area contributed by atoms with Crippen molar-refractivity contribution in [2.75, 3.05) is 72.0 Å². The zero-order chi connectivity index (χ0) is 47.3. The highest BCUT2D eigenvalue weighted by atomic mass is 19.1. The maximum Gasteiger partial charge on any atom is 0.272 e. The third-order valence-corrected chi connectivity index (χ3v) is 14.1. The van der Waals surface area contributed by atoms with Crippen molar-refractivity contribution in [1.29, 1.82) is 10.8 Å². The number of aromatic amines is 1. The van der Waals surface area contributed by atoms with Gasteiger partial charge in [-0.1, -0.05) is 36.4 Å². The van der Waals surface area contributed by atoms with Crippen molar-refractivity contribution in [3.63, 3.8) is 0 Å². The van der Waals surface area contributed by atoms with E-state index in [9.17, 15) is 19.2 Å². The predicted molar refractivity (Wildman–Crippen MR) is 252 cm³/mol. The second kappa shape index (κ2) is 20.9. The van der Waals surface area contributed by atoms with Crippen molar-refractivity contribution >= 4 is 40.5 Å². The van der Waals surface area contributed by atoms with E-state index in [-0.39, 0.29) is 70.9 Å². The van der Waals surface area contributed by atoms with Gasteiger partial charge in [-0.05, 0) is 86.8 Å². The number of allylic oxidation sites excluding steroid dienone is 1. The highest BCUT2D eigenvalue weighted by molar-refractivity contribution is 5.96. The van der Waals surface area contributed by atoms with Crippen LogP contribution in [-0.4, -0.2) is 149 Å². The molecule has 9 rings (SSSR count). The van der Waals surface area contributed by atoms with Crippen LogP contribution in [-0.2, 0) is 20.7 Å². The number of halogens is 2. The summed E-state index contributed by atoms with van der Waals surface area (Å²) in [6.45, 7) is 5.40. The number of carbonyl (C=O) groups is 3. The molecule has 0 spiro atoms. The highest BCUT2D eigenvalue weighted by Crippen LogP contribution is 2.37. The van der Waals surface area contributed by atoms with E-state index in [1.165, 1.54) is 18.2 Å². The van der Waals surface area contributed by atoms with E-state index in [4.69, 9.17) is 20.3 Å². The highest BCUT2D eigenvalue weighted by Gasteiger charge is 2.37. The van der Waals surface area contributed by atoms with Crippen LogP contribution in [0.5, 0.6) is 5.75 Å². The molecular weight excluding hydrogens is 873 g/mol. The van der Waals surface area contributed by atoms with Gasteiger partial charge >= 0.3 is 0 Å². The summed E-state index contributed by atoms with van der Waals surface area (Å²) in [5, 5.41) is 24.7. The summed E-state index contributed by atoms with van der Waals surface area (Å²) in [6.07, 6.45) is 9.36. The second-order valence-electron chi connectivity index (χ2n) is 18.7. The van der Waals surface area contributed by atoms with Crippen LogP contribution in [0.2, 0.25) is 0 Å². The summed E-state index contributed by atoms with van der Waals surface area (Å²) in [5.41, 5.74) is 1.48. The predicted octanol–water partition coefficient (Wildman–Crippen LogP) is 5.73. The number of amidine groups is 1. The Balaban J connectivity index is 0.687. The summed E-state index contributed by atoms with van der Waals surface area (Å²) in [6, 6.07) is 16.6. The normalized spacial score (nSPS) is 20.1. The first-order chi connectivity index (χ1) is 33.0. The number of H-pyrrole nitrogens is 1. The largest absolute Gasteiger partial charge is 0.453 e. The molecule has 1 aliphatic carbocycles. The molecule has 17 heteroatoms. The molecule has 4 saturated heterocycles. The molecule has 5 fully saturated rings. The van der Waals surface area contributed by atoms with Gasteiger partial charge in [-0.2, -0.15) is 5.10 Å². The average molecular weight is 932 g/mol. The first-order valence-electron chi connectivity index (χ1n) is 24.0. The molecule has 15 nitrogen and oxygen atoms in total. The van der Waals surface area contributed by atoms with Gasteiger partial charge in [0, 0.05) is 95.2 Å². The molecule has 3 aromatic carbocycles. The Morgan fingerprint density at radius 2 is 1.49 bits per heavy atom. The van der Waals surface area contributed by atoms with Crippen LogP contribution in [0.4, 0.5) is 8.78 Å². The fourth-order valence-corrected chi connectivity index (χ4v) is 10.1. The standard InChI is InChI=1S/C51H59F2N9O6/c52-43-13-10-33(28-44-40-6-1-2-7-41(40)49(64)57-56-44)27-42(43)51(66)61-25-23-60(24-26-61)47(63)32-58-19-14-36(15-20-58)67-37-16-21-59(22-17-37)46(55)29-38(30-54)68-45-9-3-8-39(48(45)53)35-5-4-18-62(31-35)50(65)34-11-12-34/h1-3,6-10,13,27,29-30,34-37,54-55H,4-5,11-12,14-26,28,31-32H2,(H,57,64)/b38-29+,54-30?,55-46?. The first kappa shape index (κ1) is 46.8. The molecule has 5 aliphatic rings. The molecule has 0 bridgehead atoms. The summed E-state index contributed by atoms with van der Waals surface area (Å²) in [4.78, 5) is 61.2. The Kier molecular flexibility index (Phi) is 14.4. The molecule has 1 saturated carbocycles. The van der Waals surface area contributed by atoms with Crippen LogP contribution in [0.25, 0.3) is 10.8 Å². The second-order valence-corrected chi connectivity index (χ2v) is 18.7. The molecule has 358 valence electrons. The summed E-state index contributed by atoms with van der Waals surface area (Å²) in [5.74, 6) is -1.14. The molecule has 1 aromatic heterocycles. The van der Waals surface area contributed by atoms with E-state index >= 15 is 8.78 Å². The zero-order valence-corrected chi connectivity index (χ0v) is 38.3. The number of hydrogen-bond acceptors (Lipinski definition) is 10. The van der Waals surface area contributed by atoms with E-state index in [1.54, 1.807) is 46.2 Å². The number of rotatable bonds is 13. The number of piperazine rings is 1. The lowest BCUT2D eigenvalue weighted by Gasteiger charge is -2.38. The van der Waals surface area contributed by atoms with E-state index in [0.717, 1.165) is 70.7 Å². The van der Waals surface area contributed by atoms with Crippen molar-refractivity contribution in [2.45, 2.75) is 75.9 Å². The van der Waals surface area contributed by atoms with E-state index < -0.39 is 17.5 Å². The van der Waals surface area contributed by atoms with Crippen molar-refractivity contribution < 1.29 is 32.6 Å². The summed E-state index contributed by atoms with van der Waals surface area (Å²) in [7, 11) is 0. The third kappa shape index (κ3) is 10.8. The van der Waals surface area contributed by atoms with Crippen LogP contribution in [0.3, 0.4) is 0 Å². The number of ether oxygens (including phenoxy) is 2. The van der Waals surface area contributed by atoms with Crippen LogP contribution in [0.15, 0.2) is 77.3 Å². The Hall–Kier alpha value is -6.33. The fourth-order valence-electron chi connectivity index (χ4n) is 10.1. The number of piperidine rings is 3. The minimum Gasteiger partial charge on any atom is -0.453 e. The number of nitrogens with one attached hydrogen (secondary N) is 3. The third-order valence-electron chi connectivity index (χ3n) is 14.1. The number of likely N-dealkylation sites (tertiary alicyclic amines) is 3. The molecule has 1 atom stereocenters. The Bertz CT molecular complexity index is 2630. The number of benzene rings is 3. The van der Waals surface area contributed by atoms with Crippen LogP contribution in [0, 0.1) is 28.4 Å². The lowest BCUT2D eigenvalue weighted by molar-refractivity contribution is -0.135. The number of amides is 3. The molecule has 5 heterocycles. The minimum atomic E-state index is -0.619. The van der Waals surface area contributed by atoms with Gasteiger partial charge in [0.2, 0.25) is 11.8 Å². The van der Waals surface area contributed by atoms with E-state index in [2.05, 4.69) is 15.1 Å². The Labute approximate surface area is 394 Å². The molecular formula is C51H59F2N9O6. The summed E-state index contributed by atoms with van der Waals surface area (Å²) < 4.78 is 43.3. The van der Waals surface area contributed by atoms with Gasteiger partial charge < -0.3 is 34.5 Å². The van der Waals surface area contributed by atoms with E-state index in [1.807, 2.05) is 21.9 Å². The number of carbonyl (C=O) groups excluding carboxylic acids is 3. The summed E-state index contributed by atoms with van der Waals surface area (Å²) >= 11 is 0. The molecule has 3 amide bonds. The van der Waals surface area contributed by atoms with Gasteiger partial charge in [0.15, 0.2) is 11.6 Å². The lowest BCUT2D eigenvalue weighted by atomic mass is 9.90. The molecule has 3 N–H and O–H groups in total. The van der Waals surface area contributed by atoms with Gasteiger partial charge in [-0.3, -0.25) is 29.5 Å². The maximum absolute atomic E-state index is 15.9. The van der Waals surface area contributed by atoms with Gasteiger partial charge in [-0.25, -0.2) is 13.9 Å². The fraction of sp³-hybridized carbons (Fsp3) is 0.471. The number of nitrogens with zero attached hydrogens (tertiary/aromatic N) is 6. The van der Waals surface area contributed by atoms with Crippen molar-refractivity contribution in [3.8, 4) is 5.75 Å². The molecule has 0 radical (unpaired) electrons. The number of fused-ring (bicyclic) bond motifs is 1. The van der Waals surface area contributed by atoms with E-state index in [0.29, 0.717) is 86.4 Å². The zero-order valence-electron chi connectivity index (χ0n) is 38.3. The van der Waals surface area contributed by atoms with Gasteiger partial charge in [0.05, 0.1) is 41.6 Å².